The van der Waals surface area contributed by atoms with Crippen LogP contribution in [0.5, 0.6) is 0 Å². The predicted molar refractivity (Wildman–Crippen MR) is 132 cm³/mol. The summed E-state index contributed by atoms with van der Waals surface area (Å²) in [7, 11) is 0. The third kappa shape index (κ3) is 4.18. The Labute approximate surface area is 202 Å². The Balaban J connectivity index is 1.50. The van der Waals surface area contributed by atoms with Crippen LogP contribution in [0.3, 0.4) is 0 Å². The van der Waals surface area contributed by atoms with Crippen LogP contribution >= 0.6 is 0 Å². The summed E-state index contributed by atoms with van der Waals surface area (Å²) >= 11 is 0. The number of nitrogens with zero attached hydrogens (tertiary/aromatic N) is 4. The number of pyridine rings is 1. The molecule has 1 atom stereocenters. The van der Waals surface area contributed by atoms with E-state index in [0.29, 0.717) is 37.1 Å². The number of anilines is 1. The van der Waals surface area contributed by atoms with Crippen LogP contribution in [0.4, 0.5) is 5.69 Å². The van der Waals surface area contributed by atoms with Gasteiger partial charge in [-0.25, -0.2) is 0 Å². The largest absolute Gasteiger partial charge is 0.371 e. The van der Waals surface area contributed by atoms with E-state index in [-0.39, 0.29) is 17.6 Å². The minimum Gasteiger partial charge on any atom is -0.371 e. The van der Waals surface area contributed by atoms with Crippen LogP contribution in [0.25, 0.3) is 0 Å². The molecule has 6 nitrogen and oxygen atoms in total. The van der Waals surface area contributed by atoms with Crippen LogP contribution in [-0.4, -0.2) is 47.1 Å². The normalized spacial score (nSPS) is 21.8. The van der Waals surface area contributed by atoms with Gasteiger partial charge >= 0.3 is 0 Å². The Kier molecular flexibility index (Phi) is 5.85. The van der Waals surface area contributed by atoms with Gasteiger partial charge < -0.3 is 14.5 Å². The first-order chi connectivity index (χ1) is 16.3. The van der Waals surface area contributed by atoms with E-state index < -0.39 is 0 Å². The van der Waals surface area contributed by atoms with Gasteiger partial charge in [0.1, 0.15) is 6.07 Å². The molecule has 178 valence electrons. The smallest absolute Gasteiger partial charge is 0.255 e. The predicted octanol–water partition coefficient (Wildman–Crippen LogP) is 4.67. The number of carbonyl (C=O) groups excluding carboxylic acids is 1. The monoisotopic (exact) mass is 458 g/mol. The number of amides is 1. The van der Waals surface area contributed by atoms with E-state index in [1.165, 1.54) is 29.5 Å². The van der Waals surface area contributed by atoms with Gasteiger partial charge in [-0.2, -0.15) is 5.26 Å². The summed E-state index contributed by atoms with van der Waals surface area (Å²) in [6, 6.07) is 8.54. The number of nitriles is 1. The number of aromatic nitrogens is 1. The first-order valence-corrected chi connectivity index (χ1v) is 12.5. The Morgan fingerprint density at radius 2 is 2.06 bits per heavy atom. The Morgan fingerprint density at radius 3 is 2.71 bits per heavy atom. The number of piperazine rings is 1. The molecule has 3 heterocycles. The van der Waals surface area contributed by atoms with Gasteiger partial charge in [0.05, 0.1) is 35.1 Å². The highest BCUT2D eigenvalue weighted by molar-refractivity contribution is 5.94. The molecule has 0 spiro atoms. The molecule has 2 fully saturated rings. The minimum atomic E-state index is -0.270. The van der Waals surface area contributed by atoms with Gasteiger partial charge in [0.2, 0.25) is 0 Å². The Bertz CT molecular complexity index is 1130. The molecule has 1 amide bonds. The average Bonchev–Trinajstić information content (AvgIpc) is 3.67. The van der Waals surface area contributed by atoms with E-state index >= 15 is 0 Å². The third-order valence-electron chi connectivity index (χ3n) is 7.60. The fourth-order valence-electron chi connectivity index (χ4n) is 5.54. The second-order valence-corrected chi connectivity index (χ2v) is 10.9. The molecule has 6 heteroatoms. The first kappa shape index (κ1) is 22.9. The standard InChI is InChI=1S/C28H34N4O2/c1-18(2)26-16-31(10-11-32(26)27(33)20-6-5-9-30-15-20)25-12-21(19-7-8-19)24-17-34-28(3,4)13-22(24)23(25)14-29/h5-6,9,12,15,18-19,26H,7-8,10-11,13,16-17H2,1-4H3/t26-/m0/s1. The molecule has 1 saturated heterocycles. The molecule has 1 aromatic carbocycles. The summed E-state index contributed by atoms with van der Waals surface area (Å²) in [6.45, 7) is 11.2. The molecule has 3 aliphatic rings. The number of ether oxygens (including phenoxy) is 1. The molecule has 34 heavy (non-hydrogen) atoms. The van der Waals surface area contributed by atoms with Gasteiger partial charge in [-0.3, -0.25) is 9.78 Å². The zero-order valence-electron chi connectivity index (χ0n) is 20.7. The molecule has 0 N–H and O–H groups in total. The molecule has 2 aromatic rings. The molecule has 5 rings (SSSR count). The lowest BCUT2D eigenvalue weighted by Crippen LogP contribution is -2.57. The van der Waals surface area contributed by atoms with Crippen molar-refractivity contribution in [2.45, 2.75) is 71.1 Å². The molecule has 0 radical (unpaired) electrons. The zero-order chi connectivity index (χ0) is 24.0. The maximum absolute atomic E-state index is 13.3. The van der Waals surface area contributed by atoms with E-state index in [1.54, 1.807) is 12.4 Å². The highest BCUT2D eigenvalue weighted by Gasteiger charge is 2.38. The number of hydrogen-bond acceptors (Lipinski definition) is 5. The molecule has 1 saturated carbocycles. The van der Waals surface area contributed by atoms with Crippen LogP contribution < -0.4 is 4.90 Å². The molecule has 0 bridgehead atoms. The Hall–Kier alpha value is -2.91. The number of carbonyl (C=O) groups is 1. The maximum Gasteiger partial charge on any atom is 0.255 e. The van der Waals surface area contributed by atoms with Gasteiger partial charge in [-0.1, -0.05) is 13.8 Å². The highest BCUT2D eigenvalue weighted by atomic mass is 16.5. The van der Waals surface area contributed by atoms with E-state index in [2.05, 4.69) is 49.7 Å². The van der Waals surface area contributed by atoms with Crippen molar-refractivity contribution in [2.75, 3.05) is 24.5 Å². The van der Waals surface area contributed by atoms with Crippen molar-refractivity contribution in [3.8, 4) is 6.07 Å². The maximum atomic E-state index is 13.3. The van der Waals surface area contributed by atoms with Gasteiger partial charge in [-0.05, 0) is 73.4 Å². The van der Waals surface area contributed by atoms with Gasteiger partial charge in [0.15, 0.2) is 0 Å². The number of rotatable bonds is 4. The zero-order valence-corrected chi connectivity index (χ0v) is 20.7. The lowest BCUT2D eigenvalue weighted by molar-refractivity contribution is -0.0405. The SMILES string of the molecule is CC(C)[C@@H]1CN(c2cc(C3CC3)c3c(c2C#N)CC(C)(C)OC3)CCN1C(=O)c1cccnc1. The van der Waals surface area contributed by atoms with Crippen molar-refractivity contribution in [3.05, 3.63) is 58.4 Å². The van der Waals surface area contributed by atoms with Crippen molar-refractivity contribution in [3.63, 3.8) is 0 Å². The number of hydrogen-bond donors (Lipinski definition) is 0. The van der Waals surface area contributed by atoms with Crippen molar-refractivity contribution >= 4 is 11.6 Å². The molecular weight excluding hydrogens is 424 g/mol. The van der Waals surface area contributed by atoms with Gasteiger partial charge in [0.25, 0.3) is 5.91 Å². The van der Waals surface area contributed by atoms with E-state index in [0.717, 1.165) is 24.2 Å². The molecular formula is C28H34N4O2. The molecule has 0 unspecified atom stereocenters. The van der Waals surface area contributed by atoms with Crippen molar-refractivity contribution in [1.82, 2.24) is 9.88 Å². The second-order valence-electron chi connectivity index (χ2n) is 10.9. The summed E-state index contributed by atoms with van der Waals surface area (Å²) in [5.74, 6) is 0.913. The summed E-state index contributed by atoms with van der Waals surface area (Å²) < 4.78 is 6.15. The van der Waals surface area contributed by atoms with Crippen molar-refractivity contribution < 1.29 is 9.53 Å². The van der Waals surface area contributed by atoms with Crippen molar-refractivity contribution in [1.29, 1.82) is 5.26 Å². The minimum absolute atomic E-state index is 0.0370. The van der Waals surface area contributed by atoms with Crippen LogP contribution in [0.15, 0.2) is 30.6 Å². The quantitative estimate of drug-likeness (QED) is 0.666. The van der Waals surface area contributed by atoms with E-state index in [4.69, 9.17) is 4.74 Å². The van der Waals surface area contributed by atoms with Crippen LogP contribution in [0.1, 0.15) is 79.1 Å². The summed E-state index contributed by atoms with van der Waals surface area (Å²) in [4.78, 5) is 21.8. The van der Waals surface area contributed by atoms with Gasteiger partial charge in [0, 0.05) is 38.4 Å². The fourth-order valence-corrected chi connectivity index (χ4v) is 5.54. The summed E-state index contributed by atoms with van der Waals surface area (Å²) in [5, 5.41) is 10.3. The summed E-state index contributed by atoms with van der Waals surface area (Å²) in [5.41, 5.74) is 5.99. The number of fused-ring (bicyclic) bond motifs is 1. The van der Waals surface area contributed by atoms with Crippen LogP contribution in [0, 0.1) is 17.2 Å². The molecule has 1 aromatic heterocycles. The highest BCUT2D eigenvalue weighted by Crippen LogP contribution is 2.47. The van der Waals surface area contributed by atoms with Crippen LogP contribution in [-0.2, 0) is 17.8 Å². The van der Waals surface area contributed by atoms with E-state index in [9.17, 15) is 10.1 Å². The van der Waals surface area contributed by atoms with E-state index in [1.807, 2.05) is 17.0 Å². The second kappa shape index (κ2) is 8.70. The van der Waals surface area contributed by atoms with Gasteiger partial charge in [-0.15, -0.1) is 0 Å². The fraction of sp³-hybridized carbons (Fsp3) is 0.536. The lowest BCUT2D eigenvalue weighted by atomic mass is 9.83. The van der Waals surface area contributed by atoms with Crippen LogP contribution in [0.2, 0.25) is 0 Å². The Morgan fingerprint density at radius 1 is 1.26 bits per heavy atom. The molecule has 2 aliphatic heterocycles. The average molecular weight is 459 g/mol. The number of benzene rings is 1. The third-order valence-corrected chi connectivity index (χ3v) is 7.60. The first-order valence-electron chi connectivity index (χ1n) is 12.5. The summed E-state index contributed by atoms with van der Waals surface area (Å²) in [6.07, 6.45) is 6.52. The topological polar surface area (TPSA) is 69.5 Å². The molecule has 1 aliphatic carbocycles. The lowest BCUT2D eigenvalue weighted by Gasteiger charge is -2.45. The van der Waals surface area contributed by atoms with Crippen molar-refractivity contribution in [2.24, 2.45) is 5.92 Å².